The third kappa shape index (κ3) is 2.07. The maximum Gasteiger partial charge on any atom is 0.154 e. The number of hydrogen-bond donors (Lipinski definition) is 1. The largest absolute Gasteiger partial charge is 0.316 e. The third-order valence-corrected chi connectivity index (χ3v) is 4.66. The molecule has 2 heterocycles. The molecule has 1 aliphatic heterocycles. The molecule has 0 amide bonds. The highest BCUT2D eigenvalue weighted by Gasteiger charge is 2.36. The van der Waals surface area contributed by atoms with E-state index in [1.807, 2.05) is 4.68 Å². The standard InChI is InChI=1S/C14H24N4/c1-14(8-9-15-10-14)13-16-12(17-18(13)2)11-6-4-3-5-7-11/h11,15H,3-10H2,1-2H3. The molecule has 0 aromatic carbocycles. The SMILES string of the molecule is Cn1nc(C2CCCCC2)nc1C1(C)CCNC1. The zero-order chi connectivity index (χ0) is 12.6. The van der Waals surface area contributed by atoms with Gasteiger partial charge >= 0.3 is 0 Å². The van der Waals surface area contributed by atoms with Crippen molar-refractivity contribution in [2.75, 3.05) is 13.1 Å². The lowest BCUT2D eigenvalue weighted by Crippen LogP contribution is -2.28. The van der Waals surface area contributed by atoms with Crippen molar-refractivity contribution in [3.63, 3.8) is 0 Å². The molecule has 2 aliphatic rings. The zero-order valence-corrected chi connectivity index (χ0v) is 11.6. The fourth-order valence-electron chi connectivity index (χ4n) is 3.47. The van der Waals surface area contributed by atoms with E-state index >= 15 is 0 Å². The fourth-order valence-corrected chi connectivity index (χ4v) is 3.47. The van der Waals surface area contributed by atoms with Crippen LogP contribution in [0.25, 0.3) is 0 Å². The van der Waals surface area contributed by atoms with Crippen molar-refractivity contribution in [2.24, 2.45) is 7.05 Å². The van der Waals surface area contributed by atoms with E-state index in [4.69, 9.17) is 10.1 Å². The lowest BCUT2D eigenvalue weighted by Gasteiger charge is -2.21. The maximum atomic E-state index is 4.90. The summed E-state index contributed by atoms with van der Waals surface area (Å²) in [7, 11) is 2.05. The molecule has 1 aromatic heterocycles. The molecular formula is C14H24N4. The van der Waals surface area contributed by atoms with Gasteiger partial charge in [-0.3, -0.25) is 4.68 Å². The second-order valence-electron chi connectivity index (χ2n) is 6.24. The molecule has 1 atom stereocenters. The molecule has 1 aromatic rings. The highest BCUT2D eigenvalue weighted by molar-refractivity contribution is 5.13. The van der Waals surface area contributed by atoms with E-state index in [1.165, 1.54) is 44.3 Å². The molecule has 1 saturated carbocycles. The quantitative estimate of drug-likeness (QED) is 0.871. The summed E-state index contributed by atoms with van der Waals surface area (Å²) in [6.07, 6.45) is 7.80. The van der Waals surface area contributed by atoms with Gasteiger partial charge in [-0.05, 0) is 25.8 Å². The Morgan fingerprint density at radius 1 is 1.28 bits per heavy atom. The van der Waals surface area contributed by atoms with Crippen LogP contribution in [-0.4, -0.2) is 27.9 Å². The lowest BCUT2D eigenvalue weighted by molar-refractivity contribution is 0.427. The molecule has 18 heavy (non-hydrogen) atoms. The van der Waals surface area contributed by atoms with Crippen LogP contribution in [0, 0.1) is 0 Å². The monoisotopic (exact) mass is 248 g/mol. The van der Waals surface area contributed by atoms with E-state index in [1.54, 1.807) is 0 Å². The number of aryl methyl sites for hydroxylation is 1. The van der Waals surface area contributed by atoms with Crippen LogP contribution in [0.5, 0.6) is 0 Å². The molecule has 2 fully saturated rings. The van der Waals surface area contributed by atoms with E-state index in [2.05, 4.69) is 19.3 Å². The highest BCUT2D eigenvalue weighted by Crippen LogP contribution is 2.33. The first-order valence-electron chi connectivity index (χ1n) is 7.31. The second kappa shape index (κ2) is 4.65. The van der Waals surface area contributed by atoms with Crippen molar-refractivity contribution < 1.29 is 0 Å². The summed E-state index contributed by atoms with van der Waals surface area (Å²) in [5.41, 5.74) is 0.175. The molecule has 100 valence electrons. The van der Waals surface area contributed by atoms with Crippen LogP contribution in [0.15, 0.2) is 0 Å². The highest BCUT2D eigenvalue weighted by atomic mass is 15.3. The third-order valence-electron chi connectivity index (χ3n) is 4.66. The van der Waals surface area contributed by atoms with Crippen molar-refractivity contribution in [3.8, 4) is 0 Å². The van der Waals surface area contributed by atoms with Gasteiger partial charge in [0.15, 0.2) is 5.82 Å². The van der Waals surface area contributed by atoms with E-state index in [0.717, 1.165) is 18.9 Å². The molecule has 1 N–H and O–H groups in total. The van der Waals surface area contributed by atoms with Crippen LogP contribution < -0.4 is 5.32 Å². The zero-order valence-electron chi connectivity index (χ0n) is 11.6. The van der Waals surface area contributed by atoms with E-state index in [0.29, 0.717) is 5.92 Å². The van der Waals surface area contributed by atoms with Gasteiger partial charge in [0.05, 0.1) is 0 Å². The predicted molar refractivity (Wildman–Crippen MR) is 71.7 cm³/mol. The first-order chi connectivity index (χ1) is 8.69. The Morgan fingerprint density at radius 3 is 2.72 bits per heavy atom. The molecule has 4 heteroatoms. The average Bonchev–Trinajstić information content (AvgIpc) is 2.98. The van der Waals surface area contributed by atoms with E-state index < -0.39 is 0 Å². The summed E-state index contributed by atoms with van der Waals surface area (Å²) < 4.78 is 2.02. The Kier molecular flexibility index (Phi) is 3.14. The Hall–Kier alpha value is -0.900. The lowest BCUT2D eigenvalue weighted by atomic mass is 9.87. The number of rotatable bonds is 2. The van der Waals surface area contributed by atoms with Crippen LogP contribution in [0.1, 0.15) is 63.0 Å². The summed E-state index contributed by atoms with van der Waals surface area (Å²) in [6.45, 7) is 4.44. The molecule has 0 radical (unpaired) electrons. The van der Waals surface area contributed by atoms with Gasteiger partial charge in [0.25, 0.3) is 0 Å². The molecule has 3 rings (SSSR count). The number of nitrogens with zero attached hydrogens (tertiary/aromatic N) is 3. The van der Waals surface area contributed by atoms with Gasteiger partial charge in [0.2, 0.25) is 0 Å². The number of nitrogens with one attached hydrogen (secondary N) is 1. The normalized spacial score (nSPS) is 29.9. The van der Waals surface area contributed by atoms with Gasteiger partial charge in [0, 0.05) is 24.9 Å². The van der Waals surface area contributed by atoms with Gasteiger partial charge in [-0.1, -0.05) is 26.2 Å². The van der Waals surface area contributed by atoms with Crippen LogP contribution in [-0.2, 0) is 12.5 Å². The molecule has 4 nitrogen and oxygen atoms in total. The molecule has 0 bridgehead atoms. The number of hydrogen-bond acceptors (Lipinski definition) is 3. The summed E-state index contributed by atoms with van der Waals surface area (Å²) in [5.74, 6) is 2.88. The Labute approximate surface area is 109 Å². The smallest absolute Gasteiger partial charge is 0.154 e. The number of aromatic nitrogens is 3. The summed E-state index contributed by atoms with van der Waals surface area (Å²) in [4.78, 5) is 4.90. The molecule has 1 saturated heterocycles. The van der Waals surface area contributed by atoms with Gasteiger partial charge in [-0.15, -0.1) is 0 Å². The first kappa shape index (κ1) is 12.2. The maximum absolute atomic E-state index is 4.90. The summed E-state index contributed by atoms with van der Waals surface area (Å²) in [6, 6.07) is 0. The average molecular weight is 248 g/mol. The second-order valence-corrected chi connectivity index (χ2v) is 6.24. The summed E-state index contributed by atoms with van der Waals surface area (Å²) in [5, 5.41) is 8.15. The van der Waals surface area contributed by atoms with Gasteiger partial charge < -0.3 is 5.32 Å². The van der Waals surface area contributed by atoms with Crippen molar-refractivity contribution in [2.45, 2.75) is 56.8 Å². The van der Waals surface area contributed by atoms with Crippen LogP contribution in [0.3, 0.4) is 0 Å². The van der Waals surface area contributed by atoms with Crippen molar-refractivity contribution in [3.05, 3.63) is 11.6 Å². The molecule has 0 spiro atoms. The topological polar surface area (TPSA) is 42.7 Å². The van der Waals surface area contributed by atoms with Crippen molar-refractivity contribution in [1.82, 2.24) is 20.1 Å². The predicted octanol–water partition coefficient (Wildman–Crippen LogP) is 2.11. The van der Waals surface area contributed by atoms with Crippen molar-refractivity contribution >= 4 is 0 Å². The first-order valence-corrected chi connectivity index (χ1v) is 7.31. The Morgan fingerprint density at radius 2 is 2.06 bits per heavy atom. The van der Waals surface area contributed by atoms with Crippen LogP contribution >= 0.6 is 0 Å². The molecule has 1 unspecified atom stereocenters. The van der Waals surface area contributed by atoms with Gasteiger partial charge in [-0.2, -0.15) is 5.10 Å². The van der Waals surface area contributed by atoms with Crippen molar-refractivity contribution in [1.29, 1.82) is 0 Å². The minimum Gasteiger partial charge on any atom is -0.316 e. The fraction of sp³-hybridized carbons (Fsp3) is 0.857. The van der Waals surface area contributed by atoms with E-state index in [9.17, 15) is 0 Å². The van der Waals surface area contributed by atoms with E-state index in [-0.39, 0.29) is 5.41 Å². The van der Waals surface area contributed by atoms with Gasteiger partial charge in [0.1, 0.15) is 5.82 Å². The Bertz CT molecular complexity index is 411. The molecule has 1 aliphatic carbocycles. The minimum absolute atomic E-state index is 0.175. The Balaban J connectivity index is 1.85. The van der Waals surface area contributed by atoms with Gasteiger partial charge in [-0.25, -0.2) is 4.98 Å². The minimum atomic E-state index is 0.175. The molecular weight excluding hydrogens is 224 g/mol. The summed E-state index contributed by atoms with van der Waals surface area (Å²) >= 11 is 0. The van der Waals surface area contributed by atoms with Crippen LogP contribution in [0.4, 0.5) is 0 Å². The van der Waals surface area contributed by atoms with Crippen LogP contribution in [0.2, 0.25) is 0 Å².